The number of carboxylic acid groups (broad SMARTS) is 2. The molecule has 1 atom stereocenters. The van der Waals surface area contributed by atoms with E-state index in [1.54, 1.807) is 0 Å². The number of benzene rings is 1. The molecule has 0 saturated carbocycles. The molecule has 1 saturated heterocycles. The highest BCUT2D eigenvalue weighted by molar-refractivity contribution is 6.09. The van der Waals surface area contributed by atoms with Gasteiger partial charge in [-0.05, 0) is 12.1 Å². The number of aliphatic hydroxyl groups excluding tert-OH is 1. The van der Waals surface area contributed by atoms with Crippen LogP contribution in [0.5, 0.6) is 0 Å². The second kappa shape index (κ2) is 4.69. The molecule has 1 heterocycles. The van der Waals surface area contributed by atoms with E-state index in [9.17, 15) is 19.5 Å². The summed E-state index contributed by atoms with van der Waals surface area (Å²) in [5.74, 6) is -3.15. The number of hydrogen-bond donors (Lipinski definition) is 3. The molecular weight excluding hydrogens is 254 g/mol. The smallest absolute Gasteiger partial charge is 0.337 e. The Bertz CT molecular complexity index is 535. The maximum Gasteiger partial charge on any atom is 0.337 e. The molecule has 1 aromatic carbocycles. The summed E-state index contributed by atoms with van der Waals surface area (Å²) < 4.78 is 0. The van der Waals surface area contributed by atoms with Crippen molar-refractivity contribution in [3.8, 4) is 0 Å². The van der Waals surface area contributed by atoms with Gasteiger partial charge < -0.3 is 20.2 Å². The second-order valence-corrected chi connectivity index (χ2v) is 4.17. The molecule has 7 heteroatoms. The highest BCUT2D eigenvalue weighted by atomic mass is 16.4. The number of β-amino-alcohol motifs (C(OH)–C–C–N with tert-alkyl or cyclic N) is 1. The van der Waals surface area contributed by atoms with Gasteiger partial charge in [-0.25, -0.2) is 9.59 Å². The third kappa shape index (κ3) is 2.27. The van der Waals surface area contributed by atoms with Gasteiger partial charge in [0.15, 0.2) is 0 Å². The molecule has 19 heavy (non-hydrogen) atoms. The van der Waals surface area contributed by atoms with Gasteiger partial charge >= 0.3 is 11.9 Å². The quantitative estimate of drug-likeness (QED) is 0.718. The minimum absolute atomic E-state index is 0.108. The van der Waals surface area contributed by atoms with Crippen LogP contribution in [0.1, 0.15) is 27.1 Å². The molecule has 1 aromatic rings. The lowest BCUT2D eigenvalue weighted by molar-refractivity contribution is -0.117. The van der Waals surface area contributed by atoms with Crippen LogP contribution in [-0.2, 0) is 4.79 Å². The van der Waals surface area contributed by atoms with Crippen LogP contribution < -0.4 is 4.90 Å². The Morgan fingerprint density at radius 2 is 1.68 bits per heavy atom. The summed E-state index contributed by atoms with van der Waals surface area (Å²) >= 11 is 0. The lowest BCUT2D eigenvalue weighted by Crippen LogP contribution is -2.29. The molecule has 1 unspecified atom stereocenters. The minimum Gasteiger partial charge on any atom is -0.478 e. The Labute approximate surface area is 107 Å². The summed E-state index contributed by atoms with van der Waals surface area (Å²) in [6.07, 6.45) is -1.07. The number of anilines is 1. The third-order valence-corrected chi connectivity index (χ3v) is 2.87. The first kappa shape index (κ1) is 13.0. The molecule has 0 radical (unpaired) electrons. The number of para-hydroxylation sites is 1. The zero-order chi connectivity index (χ0) is 14.2. The van der Waals surface area contributed by atoms with Crippen molar-refractivity contribution < 1.29 is 29.7 Å². The van der Waals surface area contributed by atoms with E-state index in [2.05, 4.69) is 0 Å². The molecule has 1 fully saturated rings. The number of carbonyl (C=O) groups excluding carboxylic acids is 1. The number of nitrogens with zero attached hydrogens (tertiary/aromatic N) is 1. The topological polar surface area (TPSA) is 115 Å². The van der Waals surface area contributed by atoms with Gasteiger partial charge in [-0.1, -0.05) is 6.07 Å². The average Bonchev–Trinajstić information content (AvgIpc) is 2.67. The zero-order valence-electron chi connectivity index (χ0n) is 9.74. The highest BCUT2D eigenvalue weighted by Crippen LogP contribution is 2.30. The molecule has 0 aliphatic carbocycles. The van der Waals surface area contributed by atoms with Gasteiger partial charge in [0.2, 0.25) is 5.91 Å². The van der Waals surface area contributed by atoms with E-state index in [1.165, 1.54) is 18.2 Å². The summed E-state index contributed by atoms with van der Waals surface area (Å²) in [5, 5.41) is 27.6. The van der Waals surface area contributed by atoms with Gasteiger partial charge in [-0.2, -0.15) is 0 Å². The van der Waals surface area contributed by atoms with Crippen LogP contribution >= 0.6 is 0 Å². The van der Waals surface area contributed by atoms with E-state index in [0.29, 0.717) is 0 Å². The molecule has 0 spiro atoms. The number of carbonyl (C=O) groups is 3. The van der Waals surface area contributed by atoms with Crippen molar-refractivity contribution in [3.63, 3.8) is 0 Å². The summed E-state index contributed by atoms with van der Waals surface area (Å²) in [7, 11) is 0. The summed E-state index contributed by atoms with van der Waals surface area (Å²) in [4.78, 5) is 35.0. The maximum absolute atomic E-state index is 11.7. The first-order chi connectivity index (χ1) is 8.91. The molecule has 0 bridgehead atoms. The molecule has 100 valence electrons. The maximum atomic E-state index is 11.7. The standard InChI is InChI=1S/C12H11NO6/c14-6-4-9(15)13(5-6)10-7(11(16)17)2-1-3-8(10)12(18)19/h1-3,6,14H,4-5H2,(H,16,17)(H,18,19). The molecule has 0 aromatic heterocycles. The average molecular weight is 265 g/mol. The predicted molar refractivity (Wildman–Crippen MR) is 63.3 cm³/mol. The number of aromatic carboxylic acids is 2. The molecule has 7 nitrogen and oxygen atoms in total. The molecular formula is C12H11NO6. The monoisotopic (exact) mass is 265 g/mol. The van der Waals surface area contributed by atoms with Gasteiger partial charge in [-0.3, -0.25) is 4.79 Å². The Morgan fingerprint density at radius 3 is 2.05 bits per heavy atom. The van der Waals surface area contributed by atoms with Crippen molar-refractivity contribution in [2.75, 3.05) is 11.4 Å². The van der Waals surface area contributed by atoms with E-state index in [0.717, 1.165) is 4.90 Å². The van der Waals surface area contributed by atoms with E-state index >= 15 is 0 Å². The summed E-state index contributed by atoms with van der Waals surface area (Å²) in [6, 6.07) is 3.75. The molecule has 2 rings (SSSR count). The van der Waals surface area contributed by atoms with Gasteiger partial charge in [0, 0.05) is 0 Å². The Hall–Kier alpha value is -2.41. The zero-order valence-corrected chi connectivity index (χ0v) is 9.74. The van der Waals surface area contributed by atoms with Crippen LogP contribution in [0.25, 0.3) is 0 Å². The first-order valence-electron chi connectivity index (χ1n) is 5.50. The minimum atomic E-state index is -1.33. The molecule has 1 aliphatic rings. The fraction of sp³-hybridized carbons (Fsp3) is 0.250. The summed E-state index contributed by atoms with van der Waals surface area (Å²) in [6.45, 7) is -0.108. The van der Waals surface area contributed by atoms with Crippen molar-refractivity contribution in [3.05, 3.63) is 29.3 Å². The first-order valence-corrected chi connectivity index (χ1v) is 5.50. The van der Waals surface area contributed by atoms with Crippen molar-refractivity contribution in [1.82, 2.24) is 0 Å². The third-order valence-electron chi connectivity index (χ3n) is 2.87. The lowest BCUT2D eigenvalue weighted by Gasteiger charge is -2.20. The fourth-order valence-electron chi connectivity index (χ4n) is 2.08. The van der Waals surface area contributed by atoms with Crippen LogP contribution in [0.4, 0.5) is 5.69 Å². The van der Waals surface area contributed by atoms with Crippen molar-refractivity contribution in [1.29, 1.82) is 0 Å². The fourth-order valence-corrected chi connectivity index (χ4v) is 2.08. The SMILES string of the molecule is O=C(O)c1cccc(C(=O)O)c1N1CC(O)CC1=O. The van der Waals surface area contributed by atoms with Crippen LogP contribution in [0.15, 0.2) is 18.2 Å². The van der Waals surface area contributed by atoms with E-state index in [4.69, 9.17) is 10.2 Å². The number of aliphatic hydroxyl groups is 1. The number of hydrogen-bond acceptors (Lipinski definition) is 4. The Kier molecular flexibility index (Phi) is 3.22. The lowest BCUT2D eigenvalue weighted by atomic mass is 10.1. The van der Waals surface area contributed by atoms with Crippen LogP contribution in [0.3, 0.4) is 0 Å². The Morgan fingerprint density at radius 1 is 1.16 bits per heavy atom. The molecule has 1 aliphatic heterocycles. The number of amides is 1. The van der Waals surface area contributed by atoms with Crippen molar-refractivity contribution >= 4 is 23.5 Å². The van der Waals surface area contributed by atoms with Crippen molar-refractivity contribution in [2.24, 2.45) is 0 Å². The van der Waals surface area contributed by atoms with E-state index < -0.39 is 23.9 Å². The van der Waals surface area contributed by atoms with Gasteiger partial charge in [0.25, 0.3) is 0 Å². The van der Waals surface area contributed by atoms with Gasteiger partial charge in [-0.15, -0.1) is 0 Å². The van der Waals surface area contributed by atoms with Crippen LogP contribution in [0, 0.1) is 0 Å². The van der Waals surface area contributed by atoms with Crippen LogP contribution in [-0.4, -0.2) is 45.8 Å². The van der Waals surface area contributed by atoms with E-state index in [-0.39, 0.29) is 29.8 Å². The van der Waals surface area contributed by atoms with Crippen molar-refractivity contribution in [2.45, 2.75) is 12.5 Å². The largest absolute Gasteiger partial charge is 0.478 e. The van der Waals surface area contributed by atoms with Crippen LogP contribution in [0.2, 0.25) is 0 Å². The number of carboxylic acids is 2. The Balaban J connectivity index is 2.62. The molecule has 1 amide bonds. The second-order valence-electron chi connectivity index (χ2n) is 4.17. The van der Waals surface area contributed by atoms with Gasteiger partial charge in [0.1, 0.15) is 0 Å². The normalized spacial score (nSPS) is 18.7. The highest BCUT2D eigenvalue weighted by Gasteiger charge is 2.34. The predicted octanol–water partition coefficient (Wildman–Crippen LogP) is 0.181. The van der Waals surface area contributed by atoms with Gasteiger partial charge in [0.05, 0.1) is 35.9 Å². The summed E-state index contributed by atoms with van der Waals surface area (Å²) in [5.41, 5.74) is -0.728. The number of rotatable bonds is 3. The van der Waals surface area contributed by atoms with E-state index in [1.807, 2.05) is 0 Å². The molecule has 3 N–H and O–H groups in total.